The molecule has 0 N–H and O–H groups in total. The number of nitrogens with zero attached hydrogens (tertiary/aromatic N) is 1. The first kappa shape index (κ1) is 35.5. The van der Waals surface area contributed by atoms with Gasteiger partial charge >= 0.3 is 22.7 Å². The molecule has 0 saturated carbocycles. The molecule has 0 bridgehead atoms. The molecule has 8 rings (SSSR count). The normalized spacial score (nSPS) is 13.9. The standard InChI is InChI=1S/C45H41NO6P2/c1-26-18-30(5)41(48-53-46(34-14-10-9-11-15-34)40-17-13-12-16-35(40)45(47)52-53)36(22-26)37-23-27(2)19-31(6)42(37)49-54-50-43-32(7)20-28(3)24-38(43)39-25-29(4)21-33(8)44(39)51-54/h9-25H,1-8H3. The molecule has 9 heteroatoms. The van der Waals surface area contributed by atoms with Crippen molar-refractivity contribution in [3.05, 3.63) is 153 Å². The molecule has 0 amide bonds. The lowest BCUT2D eigenvalue weighted by Gasteiger charge is -2.35. The highest BCUT2D eigenvalue weighted by atomic mass is 31.2. The van der Waals surface area contributed by atoms with Crippen molar-refractivity contribution in [1.29, 1.82) is 0 Å². The Hall–Kier alpha value is -5.48. The number of hydrogen-bond acceptors (Lipinski definition) is 7. The molecular formula is C45H41NO6P2. The van der Waals surface area contributed by atoms with Crippen LogP contribution >= 0.6 is 16.8 Å². The van der Waals surface area contributed by atoms with Gasteiger partial charge in [-0.15, -0.1) is 0 Å². The molecule has 0 saturated heterocycles. The van der Waals surface area contributed by atoms with Crippen LogP contribution < -0.4 is 13.7 Å². The fourth-order valence-electron chi connectivity index (χ4n) is 7.40. The van der Waals surface area contributed by atoms with Crippen LogP contribution in [0.5, 0.6) is 11.5 Å². The van der Waals surface area contributed by atoms with Crippen LogP contribution in [0.25, 0.3) is 33.1 Å². The van der Waals surface area contributed by atoms with Gasteiger partial charge in [-0.3, -0.25) is 4.67 Å². The Bertz CT molecular complexity index is 2600. The monoisotopic (exact) mass is 753 g/mol. The van der Waals surface area contributed by atoms with Gasteiger partial charge in [-0.05, 0) is 148 Å². The van der Waals surface area contributed by atoms with E-state index in [4.69, 9.17) is 22.0 Å². The first-order valence-electron chi connectivity index (χ1n) is 17.9. The van der Waals surface area contributed by atoms with Gasteiger partial charge in [0.15, 0.2) is 0 Å². The van der Waals surface area contributed by atoms with E-state index in [0.717, 1.165) is 88.9 Å². The number of benzene rings is 6. The summed E-state index contributed by atoms with van der Waals surface area (Å²) in [5.74, 6) is 0.797. The largest absolute Gasteiger partial charge is 0.453 e. The first-order chi connectivity index (χ1) is 25.9. The van der Waals surface area contributed by atoms with Gasteiger partial charge in [-0.25, -0.2) is 4.79 Å². The predicted octanol–water partition coefficient (Wildman–Crippen LogP) is 13.9. The summed E-state index contributed by atoms with van der Waals surface area (Å²) in [6, 6.07) is 34.3. The number of carbonyl (C=O) groups is 1. The summed E-state index contributed by atoms with van der Waals surface area (Å²) >= 11 is 0. The summed E-state index contributed by atoms with van der Waals surface area (Å²) in [6.07, 6.45) is 0. The van der Waals surface area contributed by atoms with Crippen molar-refractivity contribution in [1.82, 2.24) is 0 Å². The maximum Gasteiger partial charge on any atom is 0.453 e. The predicted molar refractivity (Wildman–Crippen MR) is 220 cm³/mol. The Kier molecular flexibility index (Phi) is 9.26. The van der Waals surface area contributed by atoms with E-state index in [1.54, 1.807) is 6.07 Å². The SMILES string of the molecule is Cc1cc(C)c(OP2OC(=O)c3ccccc3N2c2ccccc2)c(-c2cc(C)cc(C)c2Op2oc3c(C)cc(C)cc3c3cc(C)cc(C)c3o2)c1. The Morgan fingerprint density at radius 3 is 1.57 bits per heavy atom. The fraction of sp³-hybridized carbons (Fsp3) is 0.178. The van der Waals surface area contributed by atoms with Crippen molar-refractivity contribution in [2.45, 2.75) is 55.4 Å². The quantitative estimate of drug-likeness (QED) is 0.157. The molecule has 1 aliphatic heterocycles. The second kappa shape index (κ2) is 14.1. The van der Waals surface area contributed by atoms with Crippen LogP contribution in [0, 0.1) is 55.4 Å². The topological polar surface area (TPSA) is 74.3 Å². The van der Waals surface area contributed by atoms with Crippen molar-refractivity contribution in [2.24, 2.45) is 0 Å². The zero-order chi connectivity index (χ0) is 37.8. The highest BCUT2D eigenvalue weighted by Crippen LogP contribution is 2.58. The van der Waals surface area contributed by atoms with Crippen LogP contribution in [0.2, 0.25) is 0 Å². The number of para-hydroxylation sites is 2. The van der Waals surface area contributed by atoms with Crippen LogP contribution in [0.4, 0.5) is 11.4 Å². The van der Waals surface area contributed by atoms with Crippen molar-refractivity contribution >= 4 is 56.0 Å². The van der Waals surface area contributed by atoms with Crippen LogP contribution in [-0.2, 0) is 4.52 Å². The average molecular weight is 754 g/mol. The van der Waals surface area contributed by atoms with Gasteiger partial charge in [0.05, 0.1) is 16.9 Å². The number of aryl methyl sites for hydroxylation is 8. The minimum atomic E-state index is -1.96. The summed E-state index contributed by atoms with van der Waals surface area (Å²) in [7, 11) is -3.92. The first-order valence-corrected chi connectivity index (χ1v) is 20.1. The smallest absolute Gasteiger partial charge is 0.422 e. The fourth-order valence-corrected chi connectivity index (χ4v) is 10.2. The molecule has 0 radical (unpaired) electrons. The van der Waals surface area contributed by atoms with E-state index in [1.165, 1.54) is 0 Å². The Labute approximate surface area is 317 Å². The van der Waals surface area contributed by atoms with Crippen LogP contribution in [0.3, 0.4) is 0 Å². The Balaban J connectivity index is 1.30. The third-order valence-corrected chi connectivity index (χ3v) is 12.0. The lowest BCUT2D eigenvalue weighted by molar-refractivity contribution is 0.0735. The molecule has 1 aliphatic rings. The zero-order valence-corrected chi connectivity index (χ0v) is 33.4. The molecule has 54 heavy (non-hydrogen) atoms. The lowest BCUT2D eigenvalue weighted by atomic mass is 9.95. The molecule has 7 aromatic rings. The van der Waals surface area contributed by atoms with E-state index in [-0.39, 0.29) is 0 Å². The molecule has 0 aliphatic carbocycles. The van der Waals surface area contributed by atoms with Crippen molar-refractivity contribution < 1.29 is 26.8 Å². The summed E-state index contributed by atoms with van der Waals surface area (Å²) in [6.45, 7) is 16.5. The van der Waals surface area contributed by atoms with E-state index in [2.05, 4.69) is 90.1 Å². The van der Waals surface area contributed by atoms with Crippen molar-refractivity contribution in [2.75, 3.05) is 4.67 Å². The summed E-state index contributed by atoms with van der Waals surface area (Å²) in [5, 5.41) is 1.98. The molecule has 0 spiro atoms. The van der Waals surface area contributed by atoms with E-state index in [9.17, 15) is 4.79 Å². The number of anilines is 2. The van der Waals surface area contributed by atoms with Gasteiger partial charge < -0.3 is 22.0 Å². The summed E-state index contributed by atoms with van der Waals surface area (Å²) in [4.78, 5) is 13.5. The minimum absolute atomic E-state index is 0.423. The zero-order valence-electron chi connectivity index (χ0n) is 31.6. The van der Waals surface area contributed by atoms with Gasteiger partial charge in [0.25, 0.3) is 0 Å². The van der Waals surface area contributed by atoms with E-state index < -0.39 is 22.7 Å². The molecule has 2 heterocycles. The van der Waals surface area contributed by atoms with Crippen LogP contribution in [0.1, 0.15) is 54.9 Å². The highest BCUT2D eigenvalue weighted by molar-refractivity contribution is 7.51. The lowest BCUT2D eigenvalue weighted by Crippen LogP contribution is -2.25. The van der Waals surface area contributed by atoms with Crippen molar-refractivity contribution in [3.63, 3.8) is 0 Å². The maximum atomic E-state index is 13.5. The number of fused-ring (bicyclic) bond motifs is 4. The Morgan fingerprint density at radius 2 is 1.00 bits per heavy atom. The maximum absolute atomic E-state index is 13.5. The van der Waals surface area contributed by atoms with Gasteiger partial charge in [0.2, 0.25) is 0 Å². The molecule has 272 valence electrons. The second-order valence-corrected chi connectivity index (χ2v) is 16.4. The van der Waals surface area contributed by atoms with E-state index in [1.807, 2.05) is 67.0 Å². The summed E-state index contributed by atoms with van der Waals surface area (Å²) in [5.41, 5.74) is 13.4. The van der Waals surface area contributed by atoms with Gasteiger partial charge in [-0.2, -0.15) is 0 Å². The third kappa shape index (κ3) is 6.53. The van der Waals surface area contributed by atoms with Crippen LogP contribution in [0.15, 0.2) is 112 Å². The molecule has 1 atom stereocenters. The molecule has 1 aromatic heterocycles. The highest BCUT2D eigenvalue weighted by Gasteiger charge is 2.38. The van der Waals surface area contributed by atoms with E-state index in [0.29, 0.717) is 17.1 Å². The third-order valence-electron chi connectivity index (χ3n) is 9.60. The molecule has 7 nitrogen and oxygen atoms in total. The molecule has 6 aromatic carbocycles. The number of carbonyl (C=O) groups excluding carboxylic acids is 1. The molecule has 1 unspecified atom stereocenters. The van der Waals surface area contributed by atoms with Gasteiger partial charge in [-0.1, -0.05) is 54.6 Å². The number of rotatable bonds is 6. The molecule has 0 fully saturated rings. The molecular weight excluding hydrogens is 712 g/mol. The van der Waals surface area contributed by atoms with Crippen LogP contribution in [-0.4, -0.2) is 5.97 Å². The second-order valence-electron chi connectivity index (χ2n) is 14.2. The van der Waals surface area contributed by atoms with Gasteiger partial charge in [0.1, 0.15) is 22.7 Å². The van der Waals surface area contributed by atoms with Gasteiger partial charge in [0, 0.05) is 21.9 Å². The number of hydrogen-bond donors (Lipinski definition) is 0. The van der Waals surface area contributed by atoms with E-state index >= 15 is 0 Å². The van der Waals surface area contributed by atoms with Crippen molar-refractivity contribution in [3.8, 4) is 22.6 Å². The minimum Gasteiger partial charge on any atom is -0.422 e. The summed E-state index contributed by atoms with van der Waals surface area (Å²) < 4.78 is 35.5. The Morgan fingerprint density at radius 1 is 0.519 bits per heavy atom. The average Bonchev–Trinajstić information content (AvgIpc) is 3.28.